The minimum atomic E-state index is -3.41. The first kappa shape index (κ1) is 15.5. The van der Waals surface area contributed by atoms with E-state index in [0.29, 0.717) is 6.54 Å². The molecule has 0 bridgehead atoms. The lowest BCUT2D eigenvalue weighted by Gasteiger charge is -2.18. The van der Waals surface area contributed by atoms with Crippen molar-refractivity contribution in [3.63, 3.8) is 0 Å². The van der Waals surface area contributed by atoms with Gasteiger partial charge >= 0.3 is 0 Å². The summed E-state index contributed by atoms with van der Waals surface area (Å²) in [6.07, 6.45) is 3.27. The molecule has 0 amide bonds. The quantitative estimate of drug-likeness (QED) is 0.935. The molecular weight excluding hydrogens is 288 g/mol. The van der Waals surface area contributed by atoms with Crippen molar-refractivity contribution in [3.05, 3.63) is 36.3 Å². The first-order valence-electron chi connectivity index (χ1n) is 6.63. The fourth-order valence-electron chi connectivity index (χ4n) is 1.72. The highest BCUT2D eigenvalue weighted by Gasteiger charge is 2.31. The number of nitrogens with zero attached hydrogens (tertiary/aromatic N) is 3. The summed E-state index contributed by atoms with van der Waals surface area (Å²) >= 11 is 0. The van der Waals surface area contributed by atoms with E-state index in [4.69, 9.17) is 0 Å². The predicted molar refractivity (Wildman–Crippen MR) is 81.7 cm³/mol. The third kappa shape index (κ3) is 3.24. The predicted octanol–water partition coefficient (Wildman–Crippen LogP) is 2.00. The highest BCUT2D eigenvalue weighted by Crippen LogP contribution is 2.23. The van der Waals surface area contributed by atoms with Gasteiger partial charge in [-0.25, -0.2) is 13.4 Å². The lowest BCUT2D eigenvalue weighted by molar-refractivity contribution is 0.556. The first-order valence-corrected chi connectivity index (χ1v) is 8.11. The molecule has 6 nitrogen and oxygen atoms in total. The van der Waals surface area contributed by atoms with Crippen LogP contribution in [-0.2, 0) is 23.4 Å². The second-order valence-electron chi connectivity index (χ2n) is 5.80. The zero-order chi connectivity index (χ0) is 15.7. The normalized spacial score (nSPS) is 12.4. The second-order valence-corrected chi connectivity index (χ2v) is 8.45. The van der Waals surface area contributed by atoms with E-state index in [-0.39, 0.29) is 5.03 Å². The zero-order valence-corrected chi connectivity index (χ0v) is 13.5. The first-order chi connectivity index (χ1) is 9.72. The van der Waals surface area contributed by atoms with Crippen molar-refractivity contribution >= 4 is 15.5 Å². The number of nitrogens with one attached hydrogen (secondary N) is 1. The van der Waals surface area contributed by atoms with Crippen LogP contribution >= 0.6 is 0 Å². The molecule has 0 fully saturated rings. The maximum absolute atomic E-state index is 12.3. The summed E-state index contributed by atoms with van der Waals surface area (Å²) in [6, 6.07) is 5.17. The monoisotopic (exact) mass is 308 g/mol. The third-order valence-corrected chi connectivity index (χ3v) is 5.62. The molecule has 2 heterocycles. The van der Waals surface area contributed by atoms with Crippen molar-refractivity contribution in [3.8, 4) is 0 Å². The number of aryl methyl sites for hydroxylation is 1. The highest BCUT2D eigenvalue weighted by molar-refractivity contribution is 7.92. The highest BCUT2D eigenvalue weighted by atomic mass is 32.2. The van der Waals surface area contributed by atoms with Crippen LogP contribution in [-0.4, -0.2) is 27.9 Å². The Bertz CT molecular complexity index is 712. The number of pyridine rings is 1. The van der Waals surface area contributed by atoms with Crippen molar-refractivity contribution in [2.45, 2.75) is 37.1 Å². The van der Waals surface area contributed by atoms with E-state index in [1.165, 1.54) is 12.3 Å². The molecule has 0 saturated heterocycles. The molecule has 0 radical (unpaired) electrons. The summed E-state index contributed by atoms with van der Waals surface area (Å²) in [7, 11) is -1.54. The SMILES string of the molecule is Cn1nccc1CNc1ccc(S(=O)(=O)C(C)(C)C)nc1. The smallest absolute Gasteiger partial charge is 0.200 e. The van der Waals surface area contributed by atoms with Crippen molar-refractivity contribution in [1.82, 2.24) is 14.8 Å². The Morgan fingerprint density at radius 1 is 1.24 bits per heavy atom. The fraction of sp³-hybridized carbons (Fsp3) is 0.429. The molecule has 0 aliphatic carbocycles. The maximum atomic E-state index is 12.3. The number of hydrogen-bond donors (Lipinski definition) is 1. The number of anilines is 1. The molecule has 0 unspecified atom stereocenters. The Morgan fingerprint density at radius 2 is 1.95 bits per heavy atom. The van der Waals surface area contributed by atoms with Gasteiger partial charge in [0.05, 0.1) is 28.9 Å². The van der Waals surface area contributed by atoms with E-state index in [0.717, 1.165) is 11.4 Å². The van der Waals surface area contributed by atoms with Gasteiger partial charge in [-0.05, 0) is 39.0 Å². The van der Waals surface area contributed by atoms with Gasteiger partial charge in [0, 0.05) is 13.2 Å². The van der Waals surface area contributed by atoms with Gasteiger partial charge in [0.25, 0.3) is 0 Å². The molecule has 1 N–H and O–H groups in total. The molecule has 0 atom stereocenters. The van der Waals surface area contributed by atoms with E-state index in [9.17, 15) is 8.42 Å². The summed E-state index contributed by atoms with van der Waals surface area (Å²) in [5.41, 5.74) is 1.80. The molecule has 0 aliphatic heterocycles. The van der Waals surface area contributed by atoms with Crippen molar-refractivity contribution in [2.75, 3.05) is 5.32 Å². The van der Waals surface area contributed by atoms with Crippen molar-refractivity contribution in [2.24, 2.45) is 7.05 Å². The maximum Gasteiger partial charge on any atom is 0.200 e. The second kappa shape index (κ2) is 5.48. The van der Waals surface area contributed by atoms with Gasteiger partial charge in [-0.15, -0.1) is 0 Å². The minimum Gasteiger partial charge on any atom is -0.378 e. The van der Waals surface area contributed by atoms with Crippen LogP contribution in [0.5, 0.6) is 0 Å². The summed E-state index contributed by atoms with van der Waals surface area (Å²) in [5.74, 6) is 0. The molecule has 0 saturated carbocycles. The standard InChI is InChI=1S/C14H20N4O2S/c1-14(2,3)21(19,20)13-6-5-11(9-16-13)15-10-12-7-8-17-18(12)4/h5-9,15H,10H2,1-4H3. The Kier molecular flexibility index (Phi) is 4.04. The van der Waals surface area contributed by atoms with Gasteiger partial charge in [0.1, 0.15) is 0 Å². The minimum absolute atomic E-state index is 0.0982. The van der Waals surface area contributed by atoms with Crippen LogP contribution in [0.15, 0.2) is 35.6 Å². The molecule has 2 aromatic rings. The Hall–Kier alpha value is -1.89. The molecular formula is C14H20N4O2S. The van der Waals surface area contributed by atoms with E-state index >= 15 is 0 Å². The van der Waals surface area contributed by atoms with Gasteiger partial charge in [-0.2, -0.15) is 5.10 Å². The van der Waals surface area contributed by atoms with Gasteiger partial charge in [-0.3, -0.25) is 4.68 Å². The molecule has 21 heavy (non-hydrogen) atoms. The number of hydrogen-bond acceptors (Lipinski definition) is 5. The molecule has 0 spiro atoms. The lowest BCUT2D eigenvalue weighted by atomic mass is 10.3. The van der Waals surface area contributed by atoms with E-state index < -0.39 is 14.6 Å². The van der Waals surface area contributed by atoms with Crippen LogP contribution in [0.2, 0.25) is 0 Å². The molecule has 0 aromatic carbocycles. The van der Waals surface area contributed by atoms with Crippen LogP contribution in [0.4, 0.5) is 5.69 Å². The summed E-state index contributed by atoms with van der Waals surface area (Å²) in [6.45, 7) is 5.60. The molecule has 114 valence electrons. The summed E-state index contributed by atoms with van der Waals surface area (Å²) in [5, 5.41) is 7.37. The Labute approximate surface area is 125 Å². The van der Waals surface area contributed by atoms with Gasteiger partial charge in [0.2, 0.25) is 0 Å². The van der Waals surface area contributed by atoms with Gasteiger partial charge < -0.3 is 5.32 Å². The Balaban J connectivity index is 2.11. The Morgan fingerprint density at radius 3 is 2.43 bits per heavy atom. The van der Waals surface area contributed by atoms with Gasteiger partial charge in [0.15, 0.2) is 14.9 Å². The molecule has 0 aliphatic rings. The van der Waals surface area contributed by atoms with Crippen LogP contribution in [0, 0.1) is 0 Å². The van der Waals surface area contributed by atoms with E-state index in [2.05, 4.69) is 15.4 Å². The van der Waals surface area contributed by atoms with E-state index in [1.54, 1.807) is 37.7 Å². The molecule has 7 heteroatoms. The fourth-order valence-corrected chi connectivity index (χ4v) is 2.79. The van der Waals surface area contributed by atoms with Crippen LogP contribution < -0.4 is 5.32 Å². The number of aromatic nitrogens is 3. The lowest BCUT2D eigenvalue weighted by Crippen LogP contribution is -2.28. The van der Waals surface area contributed by atoms with Crippen LogP contribution in [0.3, 0.4) is 0 Å². The van der Waals surface area contributed by atoms with Gasteiger partial charge in [-0.1, -0.05) is 0 Å². The van der Waals surface area contributed by atoms with Crippen LogP contribution in [0.1, 0.15) is 26.5 Å². The van der Waals surface area contributed by atoms with E-state index in [1.807, 2.05) is 13.1 Å². The topological polar surface area (TPSA) is 76.9 Å². The van der Waals surface area contributed by atoms with Crippen molar-refractivity contribution in [1.29, 1.82) is 0 Å². The zero-order valence-electron chi connectivity index (χ0n) is 12.7. The summed E-state index contributed by atoms with van der Waals surface area (Å²) in [4.78, 5) is 4.07. The average molecular weight is 308 g/mol. The molecule has 2 aromatic heterocycles. The number of rotatable bonds is 4. The van der Waals surface area contributed by atoms with Crippen molar-refractivity contribution < 1.29 is 8.42 Å². The number of sulfone groups is 1. The average Bonchev–Trinajstić information content (AvgIpc) is 2.81. The molecule has 2 rings (SSSR count). The summed E-state index contributed by atoms with van der Waals surface area (Å²) < 4.78 is 25.4. The third-order valence-electron chi connectivity index (χ3n) is 3.21. The largest absolute Gasteiger partial charge is 0.378 e. The van der Waals surface area contributed by atoms with Crippen LogP contribution in [0.25, 0.3) is 0 Å².